The number of halogens is 1. The van der Waals surface area contributed by atoms with Gasteiger partial charge in [0.25, 0.3) is 0 Å². The number of hydrogen-bond acceptors (Lipinski definition) is 5. The highest BCUT2D eigenvalue weighted by Gasteiger charge is 2.44. The Morgan fingerprint density at radius 1 is 1.07 bits per heavy atom. The summed E-state index contributed by atoms with van der Waals surface area (Å²) >= 11 is 7.99. The Kier molecular flexibility index (Phi) is 8.97. The van der Waals surface area contributed by atoms with Gasteiger partial charge in [-0.15, -0.1) is 0 Å². The Bertz CT molecular complexity index is 1620. The summed E-state index contributed by atoms with van der Waals surface area (Å²) in [5, 5.41) is 32.1. The maximum atomic E-state index is 11.5. The highest BCUT2D eigenvalue weighted by atomic mass is 35.5. The molecule has 0 spiro atoms. The Morgan fingerprint density at radius 2 is 1.86 bits per heavy atom. The van der Waals surface area contributed by atoms with Crippen molar-refractivity contribution in [2.75, 3.05) is 5.75 Å². The molecule has 5 nitrogen and oxygen atoms in total. The van der Waals surface area contributed by atoms with Gasteiger partial charge in [0.1, 0.15) is 5.75 Å². The normalized spacial score (nSPS) is 15.2. The molecular weight excluding hydrogens is 566 g/mol. The largest absolute Gasteiger partial charge is 0.508 e. The van der Waals surface area contributed by atoms with Crippen LogP contribution in [0.3, 0.4) is 0 Å². The summed E-state index contributed by atoms with van der Waals surface area (Å²) in [7, 11) is 0. The van der Waals surface area contributed by atoms with Crippen LogP contribution in [0.2, 0.25) is 5.02 Å². The maximum absolute atomic E-state index is 11.5. The number of aromatic hydroxyl groups is 1. The molecule has 0 bridgehead atoms. The predicted molar refractivity (Wildman–Crippen MR) is 173 cm³/mol. The summed E-state index contributed by atoms with van der Waals surface area (Å²) in [6.45, 7) is 3.46. The van der Waals surface area contributed by atoms with Crippen molar-refractivity contribution >= 4 is 52.4 Å². The van der Waals surface area contributed by atoms with Crippen molar-refractivity contribution in [1.29, 1.82) is 0 Å². The smallest absolute Gasteiger partial charge is 0.303 e. The van der Waals surface area contributed by atoms with Gasteiger partial charge >= 0.3 is 5.97 Å². The number of aliphatic hydroxyl groups is 1. The van der Waals surface area contributed by atoms with Gasteiger partial charge in [-0.2, -0.15) is 11.8 Å². The van der Waals surface area contributed by atoms with Crippen LogP contribution in [0.1, 0.15) is 72.7 Å². The summed E-state index contributed by atoms with van der Waals surface area (Å²) in [6, 6.07) is 23.4. The quantitative estimate of drug-likeness (QED) is 0.150. The van der Waals surface area contributed by atoms with Gasteiger partial charge in [0.15, 0.2) is 0 Å². The van der Waals surface area contributed by atoms with Gasteiger partial charge in [0.05, 0.1) is 23.2 Å². The summed E-state index contributed by atoms with van der Waals surface area (Å²) in [4.78, 5) is 16.2. The minimum atomic E-state index is -1.08. The van der Waals surface area contributed by atoms with Crippen LogP contribution in [-0.2, 0) is 16.8 Å². The van der Waals surface area contributed by atoms with E-state index in [-0.39, 0.29) is 22.8 Å². The predicted octanol–water partition coefficient (Wildman–Crippen LogP) is 8.65. The standard InChI is InChI=1S/C35H36ClNO4S/c1-34(2,41)30-20-29(38)14-9-24(30)10-15-32(42-22-35(16-17-35)21-33(39)40)26-5-3-4-23(18-26)6-12-28-13-8-25-7-11-27(36)19-31(25)37-28/h3-9,11-14,18-20,32,38,41H,10,15-17,21-22H2,1-2H3,(H,39,40)/b12-6+. The fourth-order valence-corrected chi connectivity index (χ4v) is 7.11. The van der Waals surface area contributed by atoms with Crippen molar-refractivity contribution in [2.24, 2.45) is 5.41 Å². The van der Waals surface area contributed by atoms with Crippen LogP contribution in [-0.4, -0.2) is 32.0 Å². The minimum Gasteiger partial charge on any atom is -0.508 e. The van der Waals surface area contributed by atoms with E-state index in [1.807, 2.05) is 54.2 Å². The molecule has 3 aromatic carbocycles. The van der Waals surface area contributed by atoms with Gasteiger partial charge in [-0.25, -0.2) is 4.98 Å². The molecule has 42 heavy (non-hydrogen) atoms. The van der Waals surface area contributed by atoms with Gasteiger partial charge in [-0.1, -0.05) is 60.1 Å². The van der Waals surface area contributed by atoms with Gasteiger partial charge in [-0.05, 0) is 104 Å². The third kappa shape index (κ3) is 7.74. The zero-order valence-electron chi connectivity index (χ0n) is 23.9. The molecule has 1 aliphatic carbocycles. The van der Waals surface area contributed by atoms with Gasteiger partial charge in [-0.3, -0.25) is 4.79 Å². The molecule has 1 atom stereocenters. The number of hydrogen-bond donors (Lipinski definition) is 3. The number of thioether (sulfide) groups is 1. The van der Waals surface area contributed by atoms with Crippen LogP contribution in [0.15, 0.2) is 72.8 Å². The van der Waals surface area contributed by atoms with Crippen molar-refractivity contribution in [2.45, 2.75) is 56.8 Å². The summed E-state index contributed by atoms with van der Waals surface area (Å²) < 4.78 is 0. The van der Waals surface area contributed by atoms with Crippen molar-refractivity contribution in [3.05, 3.63) is 106 Å². The second kappa shape index (κ2) is 12.5. The van der Waals surface area contributed by atoms with Crippen LogP contribution in [0.25, 0.3) is 23.1 Å². The van der Waals surface area contributed by atoms with E-state index in [1.54, 1.807) is 26.0 Å². The Labute approximate surface area is 256 Å². The zero-order valence-corrected chi connectivity index (χ0v) is 25.5. The number of carboxylic acids is 1. The maximum Gasteiger partial charge on any atom is 0.303 e. The van der Waals surface area contributed by atoms with Crippen molar-refractivity contribution in [1.82, 2.24) is 4.98 Å². The summed E-state index contributed by atoms with van der Waals surface area (Å²) in [5.74, 6) is 0.191. The van der Waals surface area contributed by atoms with E-state index in [4.69, 9.17) is 16.6 Å². The number of aryl methyl sites for hydroxylation is 1. The van der Waals surface area contributed by atoms with E-state index in [2.05, 4.69) is 30.3 Å². The summed E-state index contributed by atoms with van der Waals surface area (Å²) in [5.41, 5.74) is 4.45. The number of phenolic OH excluding ortho intramolecular Hbond substituents is 1. The number of carboxylic acid groups (broad SMARTS) is 1. The first-order chi connectivity index (χ1) is 20.0. The molecule has 1 saturated carbocycles. The van der Waals surface area contributed by atoms with Gasteiger partial charge in [0, 0.05) is 21.4 Å². The zero-order chi connectivity index (χ0) is 29.9. The molecule has 3 N–H and O–H groups in total. The summed E-state index contributed by atoms with van der Waals surface area (Å²) in [6.07, 6.45) is 7.69. The fraction of sp³-hybridized carbons (Fsp3) is 0.314. The molecule has 0 radical (unpaired) electrons. The third-order valence-electron chi connectivity index (χ3n) is 7.91. The molecule has 4 aromatic rings. The lowest BCUT2D eigenvalue weighted by atomic mass is 9.90. The van der Waals surface area contributed by atoms with E-state index in [9.17, 15) is 20.1 Å². The molecule has 1 aliphatic rings. The number of carbonyl (C=O) groups is 1. The molecule has 1 aromatic heterocycles. The number of phenols is 1. The molecule has 5 rings (SSSR count). The first kappa shape index (κ1) is 30.1. The second-order valence-corrected chi connectivity index (χ2v) is 13.5. The molecule has 0 aliphatic heterocycles. The molecule has 0 saturated heterocycles. The molecule has 0 amide bonds. The van der Waals surface area contributed by atoms with Crippen LogP contribution in [0, 0.1) is 5.41 Å². The number of fused-ring (bicyclic) bond motifs is 1. The topological polar surface area (TPSA) is 90.7 Å². The Morgan fingerprint density at radius 3 is 2.60 bits per heavy atom. The van der Waals surface area contributed by atoms with E-state index < -0.39 is 11.6 Å². The Balaban J connectivity index is 1.38. The highest BCUT2D eigenvalue weighted by Crippen LogP contribution is 2.53. The fourth-order valence-electron chi connectivity index (χ4n) is 5.38. The van der Waals surface area contributed by atoms with Crippen LogP contribution < -0.4 is 0 Å². The number of nitrogens with zero attached hydrogens (tertiary/aromatic N) is 1. The molecular formula is C35H36ClNO4S. The average Bonchev–Trinajstić information content (AvgIpc) is 3.70. The first-order valence-electron chi connectivity index (χ1n) is 14.2. The second-order valence-electron chi connectivity index (χ2n) is 11.9. The third-order valence-corrected chi connectivity index (χ3v) is 9.83. The van der Waals surface area contributed by atoms with Gasteiger partial charge < -0.3 is 15.3 Å². The number of benzene rings is 3. The molecule has 218 valence electrons. The van der Waals surface area contributed by atoms with E-state index >= 15 is 0 Å². The lowest BCUT2D eigenvalue weighted by molar-refractivity contribution is -0.138. The Hall–Kier alpha value is -3.32. The van der Waals surface area contributed by atoms with E-state index in [0.717, 1.165) is 58.3 Å². The first-order valence-corrected chi connectivity index (χ1v) is 15.6. The van der Waals surface area contributed by atoms with E-state index in [0.29, 0.717) is 11.4 Å². The van der Waals surface area contributed by atoms with Crippen molar-refractivity contribution in [3.63, 3.8) is 0 Å². The lowest BCUT2D eigenvalue weighted by Gasteiger charge is -2.24. The molecule has 1 fully saturated rings. The molecule has 1 heterocycles. The van der Waals surface area contributed by atoms with Crippen LogP contribution >= 0.6 is 23.4 Å². The van der Waals surface area contributed by atoms with Crippen LogP contribution in [0.5, 0.6) is 5.75 Å². The minimum absolute atomic E-state index is 0.117. The monoisotopic (exact) mass is 601 g/mol. The van der Waals surface area contributed by atoms with Gasteiger partial charge in [0.2, 0.25) is 0 Å². The molecule has 7 heteroatoms. The number of aliphatic carboxylic acids is 1. The average molecular weight is 602 g/mol. The van der Waals surface area contributed by atoms with Crippen molar-refractivity contribution < 1.29 is 20.1 Å². The molecule has 1 unspecified atom stereocenters. The lowest BCUT2D eigenvalue weighted by Crippen LogP contribution is -2.18. The number of aromatic nitrogens is 1. The van der Waals surface area contributed by atoms with Crippen molar-refractivity contribution in [3.8, 4) is 5.75 Å². The highest BCUT2D eigenvalue weighted by molar-refractivity contribution is 7.99. The number of rotatable bonds is 12. The van der Waals surface area contributed by atoms with Crippen LogP contribution in [0.4, 0.5) is 0 Å². The SMILES string of the molecule is CC(C)(O)c1cc(O)ccc1CCC(SCC1(CC(=O)O)CC1)c1cccc(/C=C/c2ccc3ccc(Cl)cc3n2)c1. The van der Waals surface area contributed by atoms with E-state index in [1.165, 1.54) is 5.56 Å². The number of pyridine rings is 1.